The smallest absolute Gasteiger partial charge is 0.184 e. The predicted molar refractivity (Wildman–Crippen MR) is 79.5 cm³/mol. The highest BCUT2D eigenvalue weighted by Crippen LogP contribution is 2.42. The Labute approximate surface area is 130 Å². The number of halogens is 1. The number of hydrogen-bond donors (Lipinski definition) is 0. The maximum absolute atomic E-state index is 12.5. The summed E-state index contributed by atoms with van der Waals surface area (Å²) in [5.41, 5.74) is 2.41. The molecular weight excluding hydrogens is 328 g/mol. The Bertz CT molecular complexity index is 1040. The maximum Gasteiger partial charge on any atom is 0.184 e. The molecule has 0 amide bonds. The molecule has 0 aromatic carbocycles. The molecule has 7 nitrogen and oxygen atoms in total. The number of aryl methyl sites for hydroxylation is 2. The van der Waals surface area contributed by atoms with Crippen molar-refractivity contribution in [3.63, 3.8) is 0 Å². The number of nitrogens with zero attached hydrogens (tertiary/aromatic N) is 4. The molecule has 0 unspecified atom stereocenters. The van der Waals surface area contributed by atoms with Crippen LogP contribution in [0, 0.1) is 6.92 Å². The fourth-order valence-corrected chi connectivity index (χ4v) is 4.83. The van der Waals surface area contributed by atoms with Crippen molar-refractivity contribution in [1.29, 1.82) is 0 Å². The lowest BCUT2D eigenvalue weighted by atomic mass is 10.1. The second-order valence-corrected chi connectivity index (χ2v) is 7.63. The van der Waals surface area contributed by atoms with Crippen LogP contribution in [0.25, 0.3) is 22.3 Å². The molecule has 0 N–H and O–H groups in total. The molecule has 0 saturated carbocycles. The normalized spacial score (nSPS) is 16.3. The summed E-state index contributed by atoms with van der Waals surface area (Å²) in [6, 6.07) is 0. The van der Waals surface area contributed by atoms with Crippen LogP contribution in [0.4, 0.5) is 0 Å². The van der Waals surface area contributed by atoms with Gasteiger partial charge in [-0.05, 0) is 6.92 Å². The van der Waals surface area contributed by atoms with Crippen molar-refractivity contribution in [3.05, 3.63) is 22.9 Å². The van der Waals surface area contributed by atoms with Gasteiger partial charge in [0.15, 0.2) is 15.6 Å². The van der Waals surface area contributed by atoms with Crippen LogP contribution in [0.2, 0.25) is 5.15 Å². The molecule has 0 fully saturated rings. The van der Waals surface area contributed by atoms with E-state index in [4.69, 9.17) is 16.1 Å². The van der Waals surface area contributed by atoms with Crippen LogP contribution in [0.15, 0.2) is 15.7 Å². The Morgan fingerprint density at radius 2 is 2.14 bits per heavy atom. The molecule has 4 heterocycles. The summed E-state index contributed by atoms with van der Waals surface area (Å²) < 4.78 is 32.0. The summed E-state index contributed by atoms with van der Waals surface area (Å²) in [4.78, 5) is 8.40. The lowest BCUT2D eigenvalue weighted by molar-refractivity contribution is 0.396. The van der Waals surface area contributed by atoms with Gasteiger partial charge < -0.3 is 9.09 Å². The molecule has 3 aromatic rings. The molecule has 0 aliphatic carbocycles. The minimum Gasteiger partial charge on any atom is -0.360 e. The summed E-state index contributed by atoms with van der Waals surface area (Å²) >= 11 is 6.23. The van der Waals surface area contributed by atoms with Crippen molar-refractivity contribution in [3.8, 4) is 11.3 Å². The standard InChI is InChI=1S/C13H11ClN4O3S/c1-6-11-10(17-21-6)8-7(3-4-22(11,19)20)18(2)13-9(8)12(14)15-5-16-13/h5H,3-4H2,1-2H3. The van der Waals surface area contributed by atoms with Gasteiger partial charge in [-0.2, -0.15) is 0 Å². The minimum atomic E-state index is -3.46. The highest BCUT2D eigenvalue weighted by molar-refractivity contribution is 7.91. The van der Waals surface area contributed by atoms with Crippen LogP contribution in [0.1, 0.15) is 11.5 Å². The number of rotatable bonds is 0. The zero-order valence-electron chi connectivity index (χ0n) is 11.8. The highest BCUT2D eigenvalue weighted by atomic mass is 35.5. The lowest BCUT2D eigenvalue weighted by Crippen LogP contribution is -2.09. The van der Waals surface area contributed by atoms with E-state index in [0.717, 1.165) is 5.69 Å². The maximum atomic E-state index is 12.5. The number of fused-ring (bicyclic) bond motifs is 5. The molecule has 1 aliphatic heterocycles. The van der Waals surface area contributed by atoms with Gasteiger partial charge in [0.1, 0.15) is 27.7 Å². The van der Waals surface area contributed by atoms with Gasteiger partial charge in [0.05, 0.1) is 11.1 Å². The molecule has 0 bridgehead atoms. The van der Waals surface area contributed by atoms with E-state index in [9.17, 15) is 8.42 Å². The van der Waals surface area contributed by atoms with Gasteiger partial charge in [-0.1, -0.05) is 16.8 Å². The molecule has 1 aliphatic rings. The van der Waals surface area contributed by atoms with E-state index >= 15 is 0 Å². The molecule has 0 atom stereocenters. The first kappa shape index (κ1) is 13.7. The molecule has 3 aromatic heterocycles. The van der Waals surface area contributed by atoms with E-state index in [0.29, 0.717) is 28.7 Å². The predicted octanol–water partition coefficient (Wildman–Crippen LogP) is 1.91. The Hall–Kier alpha value is -1.93. The molecule has 0 saturated heterocycles. The van der Waals surface area contributed by atoms with E-state index in [-0.39, 0.29) is 21.6 Å². The molecule has 4 rings (SSSR count). The molecule has 22 heavy (non-hydrogen) atoms. The Morgan fingerprint density at radius 3 is 2.91 bits per heavy atom. The highest BCUT2D eigenvalue weighted by Gasteiger charge is 2.35. The zero-order chi connectivity index (χ0) is 15.6. The van der Waals surface area contributed by atoms with Gasteiger partial charge in [0, 0.05) is 24.7 Å². The second kappa shape index (κ2) is 4.30. The van der Waals surface area contributed by atoms with Crippen LogP contribution in [0.3, 0.4) is 0 Å². The fraction of sp³-hybridized carbons (Fsp3) is 0.308. The number of sulfone groups is 1. The topological polar surface area (TPSA) is 90.9 Å². The van der Waals surface area contributed by atoms with Crippen molar-refractivity contribution in [2.24, 2.45) is 7.05 Å². The minimum absolute atomic E-state index is 0.00966. The van der Waals surface area contributed by atoms with Crippen molar-refractivity contribution >= 4 is 32.5 Å². The Kier molecular flexibility index (Phi) is 2.68. The summed E-state index contributed by atoms with van der Waals surface area (Å²) in [6.45, 7) is 1.59. The molecule has 0 spiro atoms. The third-order valence-corrected chi connectivity index (χ3v) is 6.14. The monoisotopic (exact) mass is 338 g/mol. The van der Waals surface area contributed by atoms with Crippen LogP contribution in [-0.2, 0) is 23.3 Å². The Morgan fingerprint density at radius 1 is 1.36 bits per heavy atom. The number of hydrogen-bond acceptors (Lipinski definition) is 6. The summed E-state index contributed by atoms with van der Waals surface area (Å²) in [7, 11) is -1.63. The summed E-state index contributed by atoms with van der Waals surface area (Å²) in [5.74, 6) is 0.275. The molecule has 0 radical (unpaired) electrons. The average Bonchev–Trinajstić information content (AvgIpc) is 2.93. The largest absolute Gasteiger partial charge is 0.360 e. The molecular formula is C13H11ClN4O3S. The lowest BCUT2D eigenvalue weighted by Gasteiger charge is -2.02. The first-order valence-electron chi connectivity index (χ1n) is 6.59. The second-order valence-electron chi connectivity index (χ2n) is 5.23. The van der Waals surface area contributed by atoms with Crippen molar-refractivity contribution in [2.45, 2.75) is 18.2 Å². The van der Waals surface area contributed by atoms with Crippen molar-refractivity contribution < 1.29 is 12.9 Å². The number of aromatic nitrogens is 4. The van der Waals surface area contributed by atoms with E-state index in [1.165, 1.54) is 6.33 Å². The van der Waals surface area contributed by atoms with Crippen LogP contribution in [0.5, 0.6) is 0 Å². The van der Waals surface area contributed by atoms with E-state index in [1.807, 2.05) is 11.6 Å². The first-order valence-corrected chi connectivity index (χ1v) is 8.62. The van der Waals surface area contributed by atoms with Gasteiger partial charge in [0.25, 0.3) is 0 Å². The zero-order valence-corrected chi connectivity index (χ0v) is 13.4. The SMILES string of the molecule is Cc1onc2c1S(=O)(=O)CCc1c-2c2c(Cl)ncnc2n1C. The van der Waals surface area contributed by atoms with Crippen molar-refractivity contribution in [2.75, 3.05) is 5.75 Å². The third-order valence-electron chi connectivity index (χ3n) is 4.01. The van der Waals surface area contributed by atoms with E-state index in [2.05, 4.69) is 15.1 Å². The van der Waals surface area contributed by atoms with Crippen LogP contribution >= 0.6 is 11.6 Å². The molecule has 114 valence electrons. The molecule has 9 heteroatoms. The van der Waals surface area contributed by atoms with Gasteiger partial charge in [-0.25, -0.2) is 18.4 Å². The quantitative estimate of drug-likeness (QED) is 0.581. The van der Waals surface area contributed by atoms with Crippen LogP contribution < -0.4 is 0 Å². The van der Waals surface area contributed by atoms with Gasteiger partial charge in [0.2, 0.25) is 0 Å². The summed E-state index contributed by atoms with van der Waals surface area (Å²) in [5, 5.41) is 4.85. The van der Waals surface area contributed by atoms with Crippen molar-refractivity contribution in [1.82, 2.24) is 19.7 Å². The average molecular weight is 339 g/mol. The van der Waals surface area contributed by atoms with E-state index < -0.39 is 9.84 Å². The van der Waals surface area contributed by atoms with Gasteiger partial charge in [-0.15, -0.1) is 0 Å². The summed E-state index contributed by atoms with van der Waals surface area (Å²) in [6.07, 6.45) is 1.74. The van der Waals surface area contributed by atoms with Gasteiger partial charge in [-0.3, -0.25) is 0 Å². The Balaban J connectivity index is 2.24. The van der Waals surface area contributed by atoms with E-state index in [1.54, 1.807) is 6.92 Å². The third kappa shape index (κ3) is 1.62. The first-order chi connectivity index (χ1) is 10.4. The van der Waals surface area contributed by atoms with Gasteiger partial charge >= 0.3 is 0 Å². The fourth-order valence-electron chi connectivity index (χ4n) is 3.03. The van der Waals surface area contributed by atoms with Crippen LogP contribution in [-0.4, -0.2) is 33.9 Å².